The summed E-state index contributed by atoms with van der Waals surface area (Å²) in [7, 11) is 0. The number of rotatable bonds is 1. The number of carbonyl (C=O) groups excluding carboxylic acids is 1. The number of anilines is 1. The first kappa shape index (κ1) is 13.0. The fourth-order valence-electron chi connectivity index (χ4n) is 0.901. The SMILES string of the molecule is CC(C)(C)C(=O)Nc1ccc(Br)cc1I. The number of hydrogen-bond acceptors (Lipinski definition) is 1. The van der Waals surface area contributed by atoms with Crippen LogP contribution in [-0.4, -0.2) is 5.91 Å². The van der Waals surface area contributed by atoms with Crippen LogP contribution in [0.2, 0.25) is 0 Å². The molecule has 1 N–H and O–H groups in total. The summed E-state index contributed by atoms with van der Waals surface area (Å²) in [6.45, 7) is 5.69. The molecule has 1 aromatic carbocycles. The van der Waals surface area contributed by atoms with Crippen molar-refractivity contribution in [3.63, 3.8) is 0 Å². The average Bonchev–Trinajstić information content (AvgIpc) is 2.08. The number of amides is 1. The van der Waals surface area contributed by atoms with Gasteiger partial charge in [0.25, 0.3) is 0 Å². The molecule has 15 heavy (non-hydrogen) atoms. The van der Waals surface area contributed by atoms with Crippen molar-refractivity contribution in [3.05, 3.63) is 26.2 Å². The molecule has 0 unspecified atom stereocenters. The molecule has 0 spiro atoms. The van der Waals surface area contributed by atoms with Gasteiger partial charge in [-0.15, -0.1) is 0 Å². The summed E-state index contributed by atoms with van der Waals surface area (Å²) in [6, 6.07) is 5.79. The Morgan fingerprint density at radius 1 is 1.40 bits per heavy atom. The predicted octanol–water partition coefficient (Wildman–Crippen LogP) is 4.04. The minimum absolute atomic E-state index is 0.0303. The summed E-state index contributed by atoms with van der Waals surface area (Å²) in [6.07, 6.45) is 0. The summed E-state index contributed by atoms with van der Waals surface area (Å²) in [5.41, 5.74) is 0.495. The van der Waals surface area contributed by atoms with Gasteiger partial charge in [0.1, 0.15) is 0 Å². The lowest BCUT2D eigenvalue weighted by molar-refractivity contribution is -0.123. The molecular formula is C11H13BrINO. The van der Waals surface area contributed by atoms with Gasteiger partial charge in [-0.3, -0.25) is 4.79 Å². The topological polar surface area (TPSA) is 29.1 Å². The molecule has 2 nitrogen and oxygen atoms in total. The number of nitrogens with one attached hydrogen (secondary N) is 1. The molecular weight excluding hydrogens is 369 g/mol. The molecule has 0 fully saturated rings. The third-order valence-corrected chi connectivity index (χ3v) is 3.25. The van der Waals surface area contributed by atoms with Gasteiger partial charge in [-0.25, -0.2) is 0 Å². The quantitative estimate of drug-likeness (QED) is 0.731. The molecule has 0 bridgehead atoms. The average molecular weight is 382 g/mol. The molecule has 1 rings (SSSR count). The van der Waals surface area contributed by atoms with Gasteiger partial charge in [-0.2, -0.15) is 0 Å². The Kier molecular flexibility index (Phi) is 4.17. The van der Waals surface area contributed by atoms with Crippen LogP contribution in [-0.2, 0) is 4.79 Å². The fraction of sp³-hybridized carbons (Fsp3) is 0.364. The second kappa shape index (κ2) is 4.82. The van der Waals surface area contributed by atoms with Crippen molar-refractivity contribution >= 4 is 50.1 Å². The first-order valence-electron chi connectivity index (χ1n) is 4.57. The molecule has 0 saturated carbocycles. The van der Waals surface area contributed by atoms with Crippen LogP contribution >= 0.6 is 38.5 Å². The third-order valence-electron chi connectivity index (χ3n) is 1.86. The van der Waals surface area contributed by atoms with Crippen molar-refractivity contribution in [2.24, 2.45) is 5.41 Å². The van der Waals surface area contributed by atoms with E-state index in [0.29, 0.717) is 0 Å². The Hall–Kier alpha value is -0.100. The summed E-state index contributed by atoms with van der Waals surface area (Å²) < 4.78 is 2.04. The van der Waals surface area contributed by atoms with Crippen LogP contribution in [0.15, 0.2) is 22.7 Å². The summed E-state index contributed by atoms with van der Waals surface area (Å²) in [5, 5.41) is 2.91. The highest BCUT2D eigenvalue weighted by Gasteiger charge is 2.21. The second-order valence-electron chi connectivity index (χ2n) is 4.33. The first-order valence-corrected chi connectivity index (χ1v) is 6.44. The molecule has 1 amide bonds. The number of carbonyl (C=O) groups is 1. The highest BCUT2D eigenvalue weighted by Crippen LogP contribution is 2.24. The van der Waals surface area contributed by atoms with Gasteiger partial charge < -0.3 is 5.32 Å². The minimum atomic E-state index is -0.365. The predicted molar refractivity (Wildman–Crippen MR) is 74.9 cm³/mol. The van der Waals surface area contributed by atoms with Gasteiger partial charge in [0.15, 0.2) is 0 Å². The van der Waals surface area contributed by atoms with Crippen LogP contribution in [0.4, 0.5) is 5.69 Å². The van der Waals surface area contributed by atoms with Gasteiger partial charge in [-0.1, -0.05) is 36.7 Å². The smallest absolute Gasteiger partial charge is 0.229 e. The Bertz CT molecular complexity index is 385. The standard InChI is InChI=1S/C11H13BrINO/c1-11(2,3)10(15)14-9-5-4-7(12)6-8(9)13/h4-6H,1-3H3,(H,14,15). The largest absolute Gasteiger partial charge is 0.325 e. The van der Waals surface area contributed by atoms with Crippen molar-refractivity contribution in [2.45, 2.75) is 20.8 Å². The number of hydrogen-bond donors (Lipinski definition) is 1. The molecule has 1 aromatic rings. The Balaban J connectivity index is 2.87. The minimum Gasteiger partial charge on any atom is -0.325 e. The zero-order chi connectivity index (χ0) is 11.6. The van der Waals surface area contributed by atoms with E-state index in [-0.39, 0.29) is 11.3 Å². The van der Waals surface area contributed by atoms with Gasteiger partial charge in [0.05, 0.1) is 5.69 Å². The molecule has 4 heteroatoms. The zero-order valence-electron chi connectivity index (χ0n) is 8.90. The molecule has 0 heterocycles. The maximum Gasteiger partial charge on any atom is 0.229 e. The highest BCUT2D eigenvalue weighted by atomic mass is 127. The van der Waals surface area contributed by atoms with E-state index in [0.717, 1.165) is 13.7 Å². The third kappa shape index (κ3) is 3.75. The van der Waals surface area contributed by atoms with E-state index >= 15 is 0 Å². The van der Waals surface area contributed by atoms with E-state index in [9.17, 15) is 4.79 Å². The van der Waals surface area contributed by atoms with Crippen molar-refractivity contribution in [1.82, 2.24) is 0 Å². The van der Waals surface area contributed by atoms with E-state index in [2.05, 4.69) is 43.8 Å². The second-order valence-corrected chi connectivity index (χ2v) is 6.41. The van der Waals surface area contributed by atoms with Crippen LogP contribution in [0.5, 0.6) is 0 Å². The van der Waals surface area contributed by atoms with E-state index in [4.69, 9.17) is 0 Å². The van der Waals surface area contributed by atoms with Crippen LogP contribution < -0.4 is 5.32 Å². The summed E-state index contributed by atoms with van der Waals surface area (Å²) in [5.74, 6) is 0.0303. The summed E-state index contributed by atoms with van der Waals surface area (Å²) in [4.78, 5) is 11.7. The number of halogens is 2. The van der Waals surface area contributed by atoms with Gasteiger partial charge in [-0.05, 0) is 40.8 Å². The molecule has 0 aliphatic carbocycles. The number of benzene rings is 1. The van der Waals surface area contributed by atoms with Gasteiger partial charge >= 0.3 is 0 Å². The monoisotopic (exact) mass is 381 g/mol. The Morgan fingerprint density at radius 3 is 2.47 bits per heavy atom. The normalized spacial score (nSPS) is 11.3. The van der Waals surface area contributed by atoms with Crippen LogP contribution in [0.25, 0.3) is 0 Å². The van der Waals surface area contributed by atoms with E-state index < -0.39 is 0 Å². The Labute approximate surface area is 112 Å². The van der Waals surface area contributed by atoms with Gasteiger partial charge in [0.2, 0.25) is 5.91 Å². The van der Waals surface area contributed by atoms with Crippen molar-refractivity contribution < 1.29 is 4.79 Å². The lowest BCUT2D eigenvalue weighted by atomic mass is 9.95. The maximum atomic E-state index is 11.7. The van der Waals surface area contributed by atoms with Crippen LogP contribution in [0, 0.1) is 8.99 Å². The van der Waals surface area contributed by atoms with Crippen molar-refractivity contribution in [1.29, 1.82) is 0 Å². The molecule has 82 valence electrons. The maximum absolute atomic E-state index is 11.7. The molecule has 0 saturated heterocycles. The van der Waals surface area contributed by atoms with E-state index in [1.807, 2.05) is 39.0 Å². The molecule has 0 radical (unpaired) electrons. The van der Waals surface area contributed by atoms with E-state index in [1.165, 1.54) is 0 Å². The van der Waals surface area contributed by atoms with Crippen LogP contribution in [0.1, 0.15) is 20.8 Å². The van der Waals surface area contributed by atoms with Gasteiger partial charge in [0, 0.05) is 13.5 Å². The summed E-state index contributed by atoms with van der Waals surface area (Å²) >= 11 is 5.59. The van der Waals surface area contributed by atoms with Crippen molar-refractivity contribution in [3.8, 4) is 0 Å². The zero-order valence-corrected chi connectivity index (χ0v) is 12.6. The highest BCUT2D eigenvalue weighted by molar-refractivity contribution is 14.1. The molecule has 0 aliphatic rings. The molecule has 0 atom stereocenters. The molecule has 0 aliphatic heterocycles. The lowest BCUT2D eigenvalue weighted by Gasteiger charge is -2.18. The lowest BCUT2D eigenvalue weighted by Crippen LogP contribution is -2.27. The fourth-order valence-corrected chi connectivity index (χ4v) is 2.34. The van der Waals surface area contributed by atoms with Crippen molar-refractivity contribution in [2.75, 3.05) is 5.32 Å². The van der Waals surface area contributed by atoms with E-state index in [1.54, 1.807) is 0 Å². The van der Waals surface area contributed by atoms with Crippen LogP contribution in [0.3, 0.4) is 0 Å². The first-order chi connectivity index (χ1) is 6.80. The Morgan fingerprint density at radius 2 is 2.00 bits per heavy atom. The molecule has 0 aromatic heterocycles.